The molecule has 0 aliphatic rings. The summed E-state index contributed by atoms with van der Waals surface area (Å²) >= 11 is 6.01. The summed E-state index contributed by atoms with van der Waals surface area (Å²) in [6.45, 7) is 1.62. The van der Waals surface area contributed by atoms with E-state index in [-0.39, 0.29) is 5.56 Å². The Hall–Kier alpha value is -2.01. The third-order valence-corrected chi connectivity index (χ3v) is 3.01. The highest BCUT2D eigenvalue weighted by Gasteiger charge is 2.25. The normalized spacial score (nSPS) is 10.6. The van der Waals surface area contributed by atoms with Crippen molar-refractivity contribution >= 4 is 34.3 Å². The summed E-state index contributed by atoms with van der Waals surface area (Å²) in [5, 5.41) is 9.63. The molecule has 0 radical (unpaired) electrons. The molecule has 5 nitrogen and oxygen atoms in total. The van der Waals surface area contributed by atoms with Crippen molar-refractivity contribution in [2.75, 3.05) is 7.11 Å². The Morgan fingerprint density at radius 1 is 1.39 bits per heavy atom. The average molecular weight is 268 g/mol. The lowest BCUT2D eigenvalue weighted by molar-refractivity contribution is -0.131. The van der Waals surface area contributed by atoms with Gasteiger partial charge in [-0.1, -0.05) is 11.6 Å². The monoisotopic (exact) mass is 267 g/mol. The largest absolute Gasteiger partial charge is 0.496 e. The Labute approximate surface area is 107 Å². The molecule has 1 aromatic heterocycles. The van der Waals surface area contributed by atoms with Gasteiger partial charge in [0.2, 0.25) is 0 Å². The van der Waals surface area contributed by atoms with Gasteiger partial charge in [0.25, 0.3) is 5.78 Å². The second-order valence-electron chi connectivity index (χ2n) is 3.76. The number of halogens is 1. The fourth-order valence-electron chi connectivity index (χ4n) is 1.93. The predicted molar refractivity (Wildman–Crippen MR) is 66.6 cm³/mol. The molecule has 2 rings (SSSR count). The van der Waals surface area contributed by atoms with Crippen LogP contribution in [-0.2, 0) is 4.79 Å². The molecule has 1 aromatic carbocycles. The zero-order chi connectivity index (χ0) is 13.4. The minimum absolute atomic E-state index is 0.0804. The number of H-pyrrole nitrogens is 1. The van der Waals surface area contributed by atoms with Crippen LogP contribution in [0.5, 0.6) is 5.75 Å². The lowest BCUT2D eigenvalue weighted by Gasteiger charge is -2.04. The first kappa shape index (κ1) is 12.4. The highest BCUT2D eigenvalue weighted by Crippen LogP contribution is 2.35. The average Bonchev–Trinajstić information content (AvgIpc) is 2.67. The third kappa shape index (κ3) is 1.73. The summed E-state index contributed by atoms with van der Waals surface area (Å²) in [6, 6.07) is 3.21. The SMILES string of the molecule is COc1ccc(Cl)c2[nH]c(C)c(C(=O)C(=O)O)c12. The molecule has 0 saturated heterocycles. The molecule has 18 heavy (non-hydrogen) atoms. The maximum absolute atomic E-state index is 11.7. The number of carbonyl (C=O) groups excluding carboxylic acids is 1. The fraction of sp³-hybridized carbons (Fsp3) is 0.167. The lowest BCUT2D eigenvalue weighted by Crippen LogP contribution is -2.13. The minimum Gasteiger partial charge on any atom is -0.496 e. The molecular weight excluding hydrogens is 258 g/mol. The van der Waals surface area contributed by atoms with Crippen LogP contribution in [0, 0.1) is 6.92 Å². The number of fused-ring (bicyclic) bond motifs is 1. The van der Waals surface area contributed by atoms with E-state index in [1.54, 1.807) is 19.1 Å². The molecule has 0 unspecified atom stereocenters. The number of nitrogens with one attached hydrogen (secondary N) is 1. The molecule has 0 saturated carbocycles. The zero-order valence-electron chi connectivity index (χ0n) is 9.70. The van der Waals surface area contributed by atoms with E-state index in [1.807, 2.05) is 0 Å². The Balaban J connectivity index is 2.88. The molecule has 0 aliphatic carbocycles. The van der Waals surface area contributed by atoms with Gasteiger partial charge in [0.15, 0.2) is 0 Å². The molecule has 1 heterocycles. The smallest absolute Gasteiger partial charge is 0.377 e. The molecule has 0 fully saturated rings. The van der Waals surface area contributed by atoms with Crippen LogP contribution >= 0.6 is 11.6 Å². The Morgan fingerprint density at radius 3 is 2.61 bits per heavy atom. The van der Waals surface area contributed by atoms with Crippen molar-refractivity contribution in [3.8, 4) is 5.75 Å². The zero-order valence-corrected chi connectivity index (χ0v) is 10.5. The fourth-order valence-corrected chi connectivity index (χ4v) is 2.13. The number of rotatable bonds is 3. The maximum Gasteiger partial charge on any atom is 0.377 e. The summed E-state index contributed by atoms with van der Waals surface area (Å²) in [6.07, 6.45) is 0. The van der Waals surface area contributed by atoms with Gasteiger partial charge in [0, 0.05) is 5.69 Å². The second-order valence-corrected chi connectivity index (χ2v) is 4.17. The van der Waals surface area contributed by atoms with Crippen LogP contribution in [0.15, 0.2) is 12.1 Å². The highest BCUT2D eigenvalue weighted by molar-refractivity contribution is 6.44. The van der Waals surface area contributed by atoms with Gasteiger partial charge in [-0.3, -0.25) is 4.79 Å². The van der Waals surface area contributed by atoms with Gasteiger partial charge in [0.05, 0.1) is 28.6 Å². The highest BCUT2D eigenvalue weighted by atomic mass is 35.5. The molecule has 94 valence electrons. The van der Waals surface area contributed by atoms with Gasteiger partial charge in [0.1, 0.15) is 5.75 Å². The number of ether oxygens (including phenoxy) is 1. The van der Waals surface area contributed by atoms with Crippen LogP contribution in [0.3, 0.4) is 0 Å². The Morgan fingerprint density at radius 2 is 2.06 bits per heavy atom. The van der Waals surface area contributed by atoms with E-state index >= 15 is 0 Å². The second kappa shape index (κ2) is 4.34. The topological polar surface area (TPSA) is 79.4 Å². The van der Waals surface area contributed by atoms with Crippen LogP contribution in [-0.4, -0.2) is 29.0 Å². The molecule has 0 aliphatic heterocycles. The van der Waals surface area contributed by atoms with Crippen molar-refractivity contribution in [1.29, 1.82) is 0 Å². The number of benzene rings is 1. The number of Topliss-reactive ketones (excluding diaryl/α,β-unsaturated/α-hetero) is 1. The van der Waals surface area contributed by atoms with Crippen molar-refractivity contribution in [3.05, 3.63) is 28.4 Å². The first-order valence-corrected chi connectivity index (χ1v) is 5.47. The van der Waals surface area contributed by atoms with E-state index in [4.69, 9.17) is 21.4 Å². The molecule has 2 N–H and O–H groups in total. The van der Waals surface area contributed by atoms with Crippen LogP contribution in [0.1, 0.15) is 16.1 Å². The number of hydrogen-bond acceptors (Lipinski definition) is 3. The number of carbonyl (C=O) groups is 2. The molecule has 0 atom stereocenters. The van der Waals surface area contributed by atoms with Crippen molar-refractivity contribution in [2.24, 2.45) is 0 Å². The number of aryl methyl sites for hydroxylation is 1. The van der Waals surface area contributed by atoms with Gasteiger partial charge in [-0.05, 0) is 19.1 Å². The van der Waals surface area contributed by atoms with Crippen LogP contribution in [0.2, 0.25) is 5.02 Å². The lowest BCUT2D eigenvalue weighted by atomic mass is 10.1. The molecule has 6 heteroatoms. The summed E-state index contributed by atoms with van der Waals surface area (Å²) in [5.74, 6) is -2.09. The number of hydrogen-bond donors (Lipinski definition) is 2. The number of carboxylic acids is 1. The van der Waals surface area contributed by atoms with E-state index in [9.17, 15) is 9.59 Å². The van der Waals surface area contributed by atoms with Crippen molar-refractivity contribution < 1.29 is 19.4 Å². The van der Waals surface area contributed by atoms with Gasteiger partial charge >= 0.3 is 5.97 Å². The molecule has 0 bridgehead atoms. The van der Waals surface area contributed by atoms with Gasteiger partial charge in [-0.15, -0.1) is 0 Å². The van der Waals surface area contributed by atoms with E-state index in [0.29, 0.717) is 27.4 Å². The number of aliphatic carboxylic acids is 1. The van der Waals surface area contributed by atoms with E-state index in [1.165, 1.54) is 7.11 Å². The van der Waals surface area contributed by atoms with E-state index < -0.39 is 11.8 Å². The summed E-state index contributed by atoms with van der Waals surface area (Å²) in [7, 11) is 1.44. The minimum atomic E-state index is -1.51. The van der Waals surface area contributed by atoms with Crippen molar-refractivity contribution in [1.82, 2.24) is 4.98 Å². The van der Waals surface area contributed by atoms with Gasteiger partial charge in [-0.25, -0.2) is 4.79 Å². The summed E-state index contributed by atoms with van der Waals surface area (Å²) in [4.78, 5) is 25.5. The molecule has 2 aromatic rings. The number of ketones is 1. The third-order valence-electron chi connectivity index (χ3n) is 2.69. The standard InChI is InChI=1S/C12H10ClNO4/c1-5-8(11(15)12(16)17)9-7(18-2)4-3-6(13)10(9)14-5/h3-4,14H,1-2H3,(H,16,17). The van der Waals surface area contributed by atoms with Crippen molar-refractivity contribution in [3.63, 3.8) is 0 Å². The number of carboxylic acid groups (broad SMARTS) is 1. The maximum atomic E-state index is 11.7. The van der Waals surface area contributed by atoms with Gasteiger partial charge in [-0.2, -0.15) is 0 Å². The first-order valence-electron chi connectivity index (χ1n) is 5.09. The van der Waals surface area contributed by atoms with Crippen molar-refractivity contribution in [2.45, 2.75) is 6.92 Å². The number of methoxy groups -OCH3 is 1. The summed E-state index contributed by atoms with van der Waals surface area (Å²) in [5.41, 5.74) is 1.03. The van der Waals surface area contributed by atoms with Crippen LogP contribution in [0.25, 0.3) is 10.9 Å². The Bertz CT molecular complexity index is 660. The van der Waals surface area contributed by atoms with E-state index in [0.717, 1.165) is 0 Å². The van der Waals surface area contributed by atoms with Gasteiger partial charge < -0.3 is 14.8 Å². The number of aromatic nitrogens is 1. The molecule has 0 amide bonds. The predicted octanol–water partition coefficient (Wildman–Crippen LogP) is 2.41. The quantitative estimate of drug-likeness (QED) is 0.661. The number of aromatic amines is 1. The first-order chi connectivity index (χ1) is 8.47. The molecular formula is C12H10ClNO4. The van der Waals surface area contributed by atoms with Crippen LogP contribution < -0.4 is 4.74 Å². The Kier molecular flexibility index (Phi) is 3.00. The summed E-state index contributed by atoms with van der Waals surface area (Å²) < 4.78 is 5.14. The van der Waals surface area contributed by atoms with Crippen LogP contribution in [0.4, 0.5) is 0 Å². The van der Waals surface area contributed by atoms with E-state index in [2.05, 4.69) is 4.98 Å². The molecule has 0 spiro atoms.